The Hall–Kier alpha value is -2.70. The SMILES string of the molecule is CCCCCCCCCCCCCCCCCCCC=CC(C(=C=[N+]=[N-])CCCCCC)=C(c1ccc(C)cc1)c1ccccc1CCC#CCCCCCCCCCCCCCCCCCCCCCCCCCC.CCC[CH2][Pd][CH2]CCC. The summed E-state index contributed by atoms with van der Waals surface area (Å²) in [5.41, 5.74) is 18.4. The van der Waals surface area contributed by atoms with Gasteiger partial charge in [-0.2, -0.15) is 0 Å². The van der Waals surface area contributed by atoms with Crippen LogP contribution in [0.2, 0.25) is 9.79 Å². The first-order valence-electron chi connectivity index (χ1n) is 37.5. The van der Waals surface area contributed by atoms with E-state index in [4.69, 9.17) is 0 Å². The van der Waals surface area contributed by atoms with Crippen LogP contribution in [0.3, 0.4) is 0 Å². The van der Waals surface area contributed by atoms with Gasteiger partial charge in [0.05, 0.1) is 5.57 Å². The summed E-state index contributed by atoms with van der Waals surface area (Å²) in [5.74, 6) is 10.2. The average molecular weight is 1260 g/mol. The molecule has 0 heterocycles. The first-order chi connectivity index (χ1) is 42.1. The van der Waals surface area contributed by atoms with Gasteiger partial charge in [0.2, 0.25) is 0 Å². The second-order valence-electron chi connectivity index (χ2n) is 25.6. The fourth-order valence-corrected chi connectivity index (χ4v) is 14.0. The number of nitrogens with zero attached hydrogens (tertiary/aromatic N) is 2. The molecule has 0 atom stereocenters. The number of hydrogen-bond donors (Lipinski definition) is 0. The summed E-state index contributed by atoms with van der Waals surface area (Å²) >= 11 is 1.07. The molecular formula is C82H140N2Pd. The molecule has 0 unspecified atom stereocenters. The summed E-state index contributed by atoms with van der Waals surface area (Å²) in [7, 11) is 0. The Morgan fingerprint density at radius 3 is 1.19 bits per heavy atom. The van der Waals surface area contributed by atoms with Crippen LogP contribution in [-0.4, -0.2) is 10.7 Å². The van der Waals surface area contributed by atoms with Crippen LogP contribution < -0.4 is 0 Å². The molecule has 0 bridgehead atoms. The van der Waals surface area contributed by atoms with E-state index >= 15 is 0 Å². The topological polar surface area (TPSA) is 36.4 Å². The molecule has 0 aliphatic heterocycles. The number of unbranched alkanes of at least 4 members (excludes halogenated alkanes) is 46. The van der Waals surface area contributed by atoms with Crippen molar-refractivity contribution in [3.8, 4) is 11.8 Å². The molecule has 85 heavy (non-hydrogen) atoms. The van der Waals surface area contributed by atoms with Crippen molar-refractivity contribution < 1.29 is 22.8 Å². The molecule has 0 saturated heterocycles. The molecule has 488 valence electrons. The zero-order valence-corrected chi connectivity index (χ0v) is 59.1. The summed E-state index contributed by atoms with van der Waals surface area (Å²) in [6, 6.07) is 18.0. The molecule has 2 aromatic rings. The van der Waals surface area contributed by atoms with Crippen molar-refractivity contribution in [1.29, 1.82) is 0 Å². The van der Waals surface area contributed by atoms with Crippen LogP contribution >= 0.6 is 0 Å². The molecule has 2 nitrogen and oxygen atoms in total. The fraction of sp³-hybridized carbons (Fsp3) is 0.756. The number of allylic oxidation sites excluding steroid dienone is 4. The molecule has 0 amide bonds. The molecule has 0 aromatic heterocycles. The first-order valence-corrected chi connectivity index (χ1v) is 39.7. The Kier molecular flexibility index (Phi) is 62.1. The van der Waals surface area contributed by atoms with Gasteiger partial charge in [-0.1, -0.05) is 357 Å². The fourth-order valence-electron chi connectivity index (χ4n) is 11.7. The molecule has 0 fully saturated rings. The van der Waals surface area contributed by atoms with E-state index in [2.05, 4.69) is 125 Å². The molecule has 2 rings (SSSR count). The molecule has 0 spiro atoms. The number of benzene rings is 2. The van der Waals surface area contributed by atoms with Crippen LogP contribution in [0.1, 0.15) is 397 Å². The molecule has 3 heteroatoms. The van der Waals surface area contributed by atoms with Gasteiger partial charge in [0.15, 0.2) is 0 Å². The van der Waals surface area contributed by atoms with Crippen LogP contribution in [0.5, 0.6) is 0 Å². The van der Waals surface area contributed by atoms with E-state index in [1.165, 1.54) is 339 Å². The van der Waals surface area contributed by atoms with E-state index in [-0.39, 0.29) is 0 Å². The Morgan fingerprint density at radius 2 is 0.776 bits per heavy atom. The number of rotatable bonds is 59. The van der Waals surface area contributed by atoms with Gasteiger partial charge in [0, 0.05) is 18.4 Å². The summed E-state index contributed by atoms with van der Waals surface area (Å²) < 4.78 is 0. The van der Waals surface area contributed by atoms with E-state index in [1.807, 2.05) is 0 Å². The molecule has 2 aromatic carbocycles. The minimum absolute atomic E-state index is 0.839. The van der Waals surface area contributed by atoms with Gasteiger partial charge >= 0.3 is 73.2 Å². The number of hydrogen-bond acceptors (Lipinski definition) is 0. The van der Waals surface area contributed by atoms with Crippen molar-refractivity contribution in [2.24, 2.45) is 0 Å². The van der Waals surface area contributed by atoms with Gasteiger partial charge < -0.3 is 5.53 Å². The molecule has 0 aliphatic carbocycles. The van der Waals surface area contributed by atoms with E-state index in [0.29, 0.717) is 0 Å². The van der Waals surface area contributed by atoms with Crippen molar-refractivity contribution in [3.05, 3.63) is 99.6 Å². The quantitative estimate of drug-likeness (QED) is 0.0120. The van der Waals surface area contributed by atoms with Gasteiger partial charge in [-0.05, 0) is 67.7 Å². The summed E-state index contributed by atoms with van der Waals surface area (Å²) in [4.78, 5) is 6.57. The van der Waals surface area contributed by atoms with Crippen LogP contribution in [0, 0.1) is 18.8 Å². The second-order valence-corrected chi connectivity index (χ2v) is 27.9. The van der Waals surface area contributed by atoms with Crippen LogP contribution in [0.4, 0.5) is 0 Å². The van der Waals surface area contributed by atoms with E-state index in [9.17, 15) is 5.53 Å². The second kappa shape index (κ2) is 65.7. The van der Waals surface area contributed by atoms with Crippen LogP contribution in [0.25, 0.3) is 11.1 Å². The maximum absolute atomic E-state index is 10.0. The van der Waals surface area contributed by atoms with Crippen molar-refractivity contribution >= 4 is 11.4 Å². The molecule has 0 N–H and O–H groups in total. The zero-order valence-electron chi connectivity index (χ0n) is 57.6. The monoisotopic (exact) mass is 1260 g/mol. The predicted octanol–water partition coefficient (Wildman–Crippen LogP) is 28.4. The average Bonchev–Trinajstić information content (AvgIpc) is 2.76. The Labute approximate surface area is 540 Å². The molecule has 0 aliphatic rings. The Bertz CT molecular complexity index is 1940. The first kappa shape index (κ1) is 80.3. The van der Waals surface area contributed by atoms with Crippen molar-refractivity contribution in [2.75, 3.05) is 0 Å². The summed E-state index contributed by atoms with van der Waals surface area (Å²) in [6.07, 6.45) is 77.6. The van der Waals surface area contributed by atoms with E-state index < -0.39 is 0 Å². The summed E-state index contributed by atoms with van der Waals surface area (Å²) in [6.45, 7) is 13.6. The van der Waals surface area contributed by atoms with Gasteiger partial charge in [0.25, 0.3) is 0 Å². The molecule has 0 saturated carbocycles. The number of aryl methyl sites for hydroxylation is 2. The van der Waals surface area contributed by atoms with Crippen LogP contribution in [0.15, 0.2) is 71.8 Å². The Morgan fingerprint density at radius 1 is 0.412 bits per heavy atom. The third kappa shape index (κ3) is 50.8. The van der Waals surface area contributed by atoms with Crippen LogP contribution in [-0.2, 0) is 24.4 Å². The standard InChI is InChI=1S/C74H122N2.2C4H9.Pd/c1-5-8-11-14-16-18-20-22-24-26-28-29-30-31-32-33-34-35-36-38-39-41-43-45-47-49-51-54-58-69-59-56-57-62-72(69)74(70-65-63-68(4)64-66-70)73(71(67-76-75)60-53-13-10-7-3)61-55-52-50-48-46-44-42-40-37-27-25-23-21-19-17-15-12-9-6-2;2*1-3-4-2;/h55-57,59,61-66H,5-48,50,52-54,58,60H2,1-4H3;2*1,3-4H2,2H3;. The van der Waals surface area contributed by atoms with Crippen molar-refractivity contribution in [2.45, 2.75) is 398 Å². The molecule has 0 radical (unpaired) electrons. The third-order valence-corrected chi connectivity index (χ3v) is 19.6. The summed E-state index contributed by atoms with van der Waals surface area (Å²) in [5, 5.41) is 0. The van der Waals surface area contributed by atoms with E-state index in [1.54, 1.807) is 0 Å². The Balaban J connectivity index is 0.00000368. The maximum atomic E-state index is 10.0. The predicted molar refractivity (Wildman–Crippen MR) is 379 cm³/mol. The van der Waals surface area contributed by atoms with Gasteiger partial charge in [-0.25, -0.2) is 0 Å². The van der Waals surface area contributed by atoms with Crippen molar-refractivity contribution in [3.63, 3.8) is 0 Å². The zero-order chi connectivity index (χ0) is 61.2. The van der Waals surface area contributed by atoms with Gasteiger partial charge in [-0.3, -0.25) is 0 Å². The molecular weight excluding hydrogens is 1120 g/mol. The van der Waals surface area contributed by atoms with Gasteiger partial charge in [-0.15, -0.1) is 16.6 Å². The van der Waals surface area contributed by atoms with Gasteiger partial charge in [0.1, 0.15) is 0 Å². The third-order valence-electron chi connectivity index (χ3n) is 17.4. The minimum atomic E-state index is 0.839. The van der Waals surface area contributed by atoms with Crippen molar-refractivity contribution in [1.82, 2.24) is 0 Å². The van der Waals surface area contributed by atoms with E-state index in [0.717, 1.165) is 74.1 Å². The normalized spacial score (nSPS) is 11.6.